The lowest BCUT2D eigenvalue weighted by molar-refractivity contribution is 0.0176. The third kappa shape index (κ3) is 2.71. The van der Waals surface area contributed by atoms with Crippen molar-refractivity contribution in [2.24, 2.45) is 5.41 Å². The molecule has 1 aromatic heterocycles. The van der Waals surface area contributed by atoms with Crippen molar-refractivity contribution in [3.8, 4) is 0 Å². The summed E-state index contributed by atoms with van der Waals surface area (Å²) in [7, 11) is 0. The molecule has 0 bridgehead atoms. The summed E-state index contributed by atoms with van der Waals surface area (Å²) in [6.45, 7) is 1.15. The Morgan fingerprint density at radius 3 is 2.57 bits per heavy atom. The third-order valence-corrected chi connectivity index (χ3v) is 4.89. The first-order chi connectivity index (χ1) is 9.99. The van der Waals surface area contributed by atoms with Crippen LogP contribution in [0.2, 0.25) is 0 Å². The summed E-state index contributed by atoms with van der Waals surface area (Å²) >= 11 is 0. The lowest BCUT2D eigenvalue weighted by Crippen LogP contribution is -2.47. The zero-order chi connectivity index (χ0) is 15.0. The number of hydrogen-bond acceptors (Lipinski definition) is 2. The fraction of sp³-hybridized carbons (Fsp3) is 0.600. The Kier molecular flexibility index (Phi) is 3.55. The van der Waals surface area contributed by atoms with E-state index in [-0.39, 0.29) is 17.0 Å². The van der Waals surface area contributed by atoms with Gasteiger partial charge in [0.15, 0.2) is 0 Å². The lowest BCUT2D eigenvalue weighted by Gasteiger charge is -2.51. The molecule has 2 fully saturated rings. The molecule has 2 aliphatic rings. The molecule has 1 saturated heterocycles. The molecule has 3 rings (SSSR count). The second-order valence-corrected chi connectivity index (χ2v) is 6.16. The number of aromatic nitrogens is 1. The maximum atomic E-state index is 12.7. The average Bonchev–Trinajstić information content (AvgIpc) is 2.45. The van der Waals surface area contributed by atoms with E-state index in [4.69, 9.17) is 5.11 Å². The first-order valence-electron chi connectivity index (χ1n) is 7.22. The molecule has 0 unspecified atom stereocenters. The predicted octanol–water partition coefficient (Wildman–Crippen LogP) is 3.66. The normalized spacial score (nSPS) is 21.6. The summed E-state index contributed by atoms with van der Waals surface area (Å²) in [6.07, 6.45) is 0.208. The summed E-state index contributed by atoms with van der Waals surface area (Å²) in [6, 6.07) is 4.81. The molecule has 114 valence electrons. The molecule has 1 aromatic rings. The van der Waals surface area contributed by atoms with E-state index in [0.29, 0.717) is 13.1 Å². The fourth-order valence-electron chi connectivity index (χ4n) is 3.59. The van der Waals surface area contributed by atoms with E-state index in [9.17, 15) is 13.6 Å². The number of alkyl halides is 2. The van der Waals surface area contributed by atoms with E-state index in [1.54, 1.807) is 6.07 Å². The van der Waals surface area contributed by atoms with Crippen LogP contribution < -0.4 is 0 Å². The molecule has 4 nitrogen and oxygen atoms in total. The van der Waals surface area contributed by atoms with Crippen molar-refractivity contribution in [3.63, 3.8) is 0 Å². The highest BCUT2D eigenvalue weighted by molar-refractivity contribution is 5.65. The molecule has 21 heavy (non-hydrogen) atoms. The Bertz CT molecular complexity index is 534. The number of pyridine rings is 1. The maximum Gasteiger partial charge on any atom is 0.407 e. The highest BCUT2D eigenvalue weighted by Gasteiger charge is 2.47. The van der Waals surface area contributed by atoms with Gasteiger partial charge < -0.3 is 10.0 Å². The third-order valence-electron chi connectivity index (χ3n) is 4.89. The van der Waals surface area contributed by atoms with Crippen molar-refractivity contribution >= 4 is 6.09 Å². The highest BCUT2D eigenvalue weighted by Crippen LogP contribution is 2.56. The van der Waals surface area contributed by atoms with Crippen LogP contribution in [-0.2, 0) is 0 Å². The van der Waals surface area contributed by atoms with Crippen LogP contribution in [0, 0.1) is 5.41 Å². The van der Waals surface area contributed by atoms with Crippen LogP contribution in [0.4, 0.5) is 13.6 Å². The van der Waals surface area contributed by atoms with Gasteiger partial charge in [-0.2, -0.15) is 0 Å². The number of rotatable bonds is 2. The zero-order valence-electron chi connectivity index (χ0n) is 11.6. The van der Waals surface area contributed by atoms with Gasteiger partial charge in [0, 0.05) is 24.7 Å². The van der Waals surface area contributed by atoms with E-state index in [0.717, 1.165) is 31.4 Å². The molecule has 0 aromatic carbocycles. The first kappa shape index (κ1) is 14.2. The number of nitrogens with zero attached hydrogens (tertiary/aromatic N) is 2. The molecular weight excluding hydrogens is 278 g/mol. The van der Waals surface area contributed by atoms with Crippen molar-refractivity contribution in [1.82, 2.24) is 9.88 Å². The number of hydrogen-bond donors (Lipinski definition) is 1. The maximum absolute atomic E-state index is 12.7. The number of likely N-dealkylation sites (tertiary alicyclic amines) is 1. The van der Waals surface area contributed by atoms with Gasteiger partial charge in [0.2, 0.25) is 0 Å². The minimum Gasteiger partial charge on any atom is -0.465 e. The Morgan fingerprint density at radius 1 is 1.33 bits per heavy atom. The molecule has 1 aliphatic carbocycles. The van der Waals surface area contributed by atoms with Crippen LogP contribution in [-0.4, -0.2) is 34.2 Å². The molecule has 0 atom stereocenters. The van der Waals surface area contributed by atoms with Gasteiger partial charge in [0.25, 0.3) is 6.43 Å². The Hall–Kier alpha value is -1.72. The second-order valence-electron chi connectivity index (χ2n) is 6.16. The van der Waals surface area contributed by atoms with E-state index >= 15 is 0 Å². The number of halogens is 2. The SMILES string of the molecule is O=C(O)N1CCC2(CC1)CC(c1cccc(C(F)F)n1)C2. The van der Waals surface area contributed by atoms with Gasteiger partial charge in [0.05, 0.1) is 0 Å². The van der Waals surface area contributed by atoms with Crippen molar-refractivity contribution in [3.05, 3.63) is 29.6 Å². The number of amides is 1. The van der Waals surface area contributed by atoms with Gasteiger partial charge in [-0.25, -0.2) is 13.6 Å². The second kappa shape index (κ2) is 5.24. The van der Waals surface area contributed by atoms with Crippen molar-refractivity contribution in [1.29, 1.82) is 0 Å². The Labute approximate surface area is 121 Å². The van der Waals surface area contributed by atoms with Crippen LogP contribution in [0.25, 0.3) is 0 Å². The summed E-state index contributed by atoms with van der Waals surface area (Å²) in [5.41, 5.74) is 0.785. The minimum absolute atomic E-state index is 0.158. The molecule has 0 radical (unpaired) electrons. The molecule has 1 aliphatic heterocycles. The average molecular weight is 296 g/mol. The van der Waals surface area contributed by atoms with E-state index in [1.807, 2.05) is 6.07 Å². The first-order valence-corrected chi connectivity index (χ1v) is 7.22. The quantitative estimate of drug-likeness (QED) is 0.906. The molecular formula is C15H18F2N2O2. The molecule has 2 heterocycles. The van der Waals surface area contributed by atoms with Crippen molar-refractivity contribution < 1.29 is 18.7 Å². The summed E-state index contributed by atoms with van der Waals surface area (Å²) in [5, 5.41) is 8.96. The van der Waals surface area contributed by atoms with Gasteiger partial charge in [-0.1, -0.05) is 6.07 Å². The Balaban J connectivity index is 1.61. The molecule has 1 N–H and O–H groups in total. The van der Waals surface area contributed by atoms with E-state index < -0.39 is 12.5 Å². The smallest absolute Gasteiger partial charge is 0.407 e. The van der Waals surface area contributed by atoms with Crippen LogP contribution >= 0.6 is 0 Å². The number of carbonyl (C=O) groups is 1. The fourth-order valence-corrected chi connectivity index (χ4v) is 3.59. The highest BCUT2D eigenvalue weighted by atomic mass is 19.3. The molecule has 6 heteroatoms. The van der Waals surface area contributed by atoms with E-state index in [1.165, 1.54) is 11.0 Å². The topological polar surface area (TPSA) is 53.4 Å². The number of carboxylic acid groups (broad SMARTS) is 1. The van der Waals surface area contributed by atoms with Gasteiger partial charge in [-0.05, 0) is 43.2 Å². The summed E-state index contributed by atoms with van der Waals surface area (Å²) < 4.78 is 25.4. The number of piperidine rings is 1. The summed E-state index contributed by atoms with van der Waals surface area (Å²) in [4.78, 5) is 16.4. The van der Waals surface area contributed by atoms with Gasteiger partial charge in [-0.15, -0.1) is 0 Å². The predicted molar refractivity (Wildman–Crippen MR) is 72.4 cm³/mol. The summed E-state index contributed by atoms with van der Waals surface area (Å²) in [5.74, 6) is 0.236. The van der Waals surface area contributed by atoms with Crippen LogP contribution in [0.1, 0.15) is 49.4 Å². The standard InChI is InChI=1S/C15H18F2N2O2/c16-13(17)12-3-1-2-11(18-12)10-8-15(9-10)4-6-19(7-5-15)14(20)21/h1-3,10,13H,4-9H2,(H,20,21). The van der Waals surface area contributed by atoms with Crippen LogP contribution in [0.5, 0.6) is 0 Å². The Morgan fingerprint density at radius 2 is 2.00 bits per heavy atom. The molecule has 1 amide bonds. The van der Waals surface area contributed by atoms with Crippen LogP contribution in [0.3, 0.4) is 0 Å². The minimum atomic E-state index is -2.53. The van der Waals surface area contributed by atoms with E-state index in [2.05, 4.69) is 4.98 Å². The lowest BCUT2D eigenvalue weighted by atomic mass is 9.57. The zero-order valence-corrected chi connectivity index (χ0v) is 11.6. The van der Waals surface area contributed by atoms with Crippen LogP contribution in [0.15, 0.2) is 18.2 Å². The molecule has 1 spiro atoms. The van der Waals surface area contributed by atoms with Gasteiger partial charge in [-0.3, -0.25) is 4.98 Å². The van der Waals surface area contributed by atoms with Gasteiger partial charge in [0.1, 0.15) is 5.69 Å². The van der Waals surface area contributed by atoms with Crippen molar-refractivity contribution in [2.75, 3.05) is 13.1 Å². The van der Waals surface area contributed by atoms with Gasteiger partial charge >= 0.3 is 6.09 Å². The largest absolute Gasteiger partial charge is 0.465 e. The molecule has 1 saturated carbocycles. The monoisotopic (exact) mass is 296 g/mol. The van der Waals surface area contributed by atoms with Crippen molar-refractivity contribution in [2.45, 2.75) is 38.0 Å².